The van der Waals surface area contributed by atoms with Gasteiger partial charge in [-0.05, 0) is 35.9 Å². The summed E-state index contributed by atoms with van der Waals surface area (Å²) >= 11 is 0. The van der Waals surface area contributed by atoms with Crippen LogP contribution in [0.25, 0.3) is 0 Å². The lowest BCUT2D eigenvalue weighted by atomic mass is 10.1. The fourth-order valence-electron chi connectivity index (χ4n) is 1.71. The van der Waals surface area contributed by atoms with Gasteiger partial charge in [-0.1, -0.05) is 12.1 Å². The van der Waals surface area contributed by atoms with Crippen molar-refractivity contribution in [3.05, 3.63) is 59.4 Å². The fourth-order valence-corrected chi connectivity index (χ4v) is 1.71. The van der Waals surface area contributed by atoms with Crippen molar-refractivity contribution in [2.45, 2.75) is 6.54 Å². The van der Waals surface area contributed by atoms with E-state index in [2.05, 4.69) is 5.32 Å². The molecule has 2 aromatic rings. The third kappa shape index (κ3) is 2.85. The van der Waals surface area contributed by atoms with E-state index in [9.17, 15) is 4.39 Å². The van der Waals surface area contributed by atoms with E-state index in [1.807, 2.05) is 12.1 Å². The summed E-state index contributed by atoms with van der Waals surface area (Å²) in [5.41, 5.74) is 8.64. The second kappa shape index (κ2) is 5.31. The minimum atomic E-state index is -0.251. The van der Waals surface area contributed by atoms with Crippen LogP contribution in [0.3, 0.4) is 0 Å². The topological polar surface area (TPSA) is 61.9 Å². The quantitative estimate of drug-likeness (QED) is 0.571. The van der Waals surface area contributed by atoms with Crippen molar-refractivity contribution in [2.24, 2.45) is 0 Å². The molecule has 0 spiro atoms. The lowest BCUT2D eigenvalue weighted by Gasteiger charge is -2.10. The highest BCUT2D eigenvalue weighted by Crippen LogP contribution is 2.18. The summed E-state index contributed by atoms with van der Waals surface area (Å²) in [6.45, 7) is 0.502. The van der Waals surface area contributed by atoms with Gasteiger partial charge < -0.3 is 16.5 Å². The lowest BCUT2D eigenvalue weighted by molar-refractivity contribution is 0.626. The number of benzene rings is 2. The molecule has 0 saturated carbocycles. The highest BCUT2D eigenvalue weighted by atomic mass is 19.1. The summed E-state index contributed by atoms with van der Waals surface area (Å²) in [5.74, 6) is -0.251. The Kier molecular flexibility index (Phi) is 3.57. The monoisotopic (exact) mass is 243 g/mol. The van der Waals surface area contributed by atoms with Crippen LogP contribution in [-0.4, -0.2) is 6.21 Å². The van der Waals surface area contributed by atoms with E-state index in [1.165, 1.54) is 18.3 Å². The van der Waals surface area contributed by atoms with Crippen molar-refractivity contribution in [2.75, 3.05) is 11.1 Å². The summed E-state index contributed by atoms with van der Waals surface area (Å²) in [6, 6.07) is 11.7. The Morgan fingerprint density at radius 1 is 1.22 bits per heavy atom. The number of anilines is 2. The van der Waals surface area contributed by atoms with Crippen LogP contribution in [0.4, 0.5) is 15.8 Å². The molecule has 3 nitrogen and oxygen atoms in total. The maximum absolute atomic E-state index is 13.0. The Morgan fingerprint density at radius 3 is 2.78 bits per heavy atom. The van der Waals surface area contributed by atoms with Gasteiger partial charge in [-0.3, -0.25) is 0 Å². The zero-order valence-corrected chi connectivity index (χ0v) is 9.78. The van der Waals surface area contributed by atoms with Crippen LogP contribution in [-0.2, 0) is 6.54 Å². The first-order valence-electron chi connectivity index (χ1n) is 5.57. The van der Waals surface area contributed by atoms with E-state index in [0.717, 1.165) is 11.3 Å². The van der Waals surface area contributed by atoms with Crippen molar-refractivity contribution in [3.63, 3.8) is 0 Å². The second-order valence-electron chi connectivity index (χ2n) is 3.97. The van der Waals surface area contributed by atoms with Gasteiger partial charge in [0.25, 0.3) is 0 Å². The van der Waals surface area contributed by atoms with Crippen LogP contribution < -0.4 is 11.1 Å². The first-order valence-corrected chi connectivity index (χ1v) is 5.57. The Hall–Kier alpha value is -2.36. The minimum absolute atomic E-state index is 0.251. The standard InChI is InChI=1S/C14H14FN3/c15-12-3-1-2-10(6-12)9-18-14-5-4-13(17)7-11(14)8-16/h1-8,16,18H,9,17H2. The van der Waals surface area contributed by atoms with Gasteiger partial charge >= 0.3 is 0 Å². The van der Waals surface area contributed by atoms with Crippen molar-refractivity contribution in [3.8, 4) is 0 Å². The van der Waals surface area contributed by atoms with Crippen molar-refractivity contribution in [1.29, 1.82) is 5.41 Å². The molecule has 2 rings (SSSR count). The summed E-state index contributed by atoms with van der Waals surface area (Å²) in [5, 5.41) is 10.5. The lowest BCUT2D eigenvalue weighted by Crippen LogP contribution is -2.03. The first kappa shape index (κ1) is 12.1. The van der Waals surface area contributed by atoms with E-state index in [4.69, 9.17) is 11.1 Å². The van der Waals surface area contributed by atoms with Gasteiger partial charge in [-0.15, -0.1) is 0 Å². The van der Waals surface area contributed by atoms with Gasteiger partial charge in [-0.25, -0.2) is 4.39 Å². The molecule has 0 unspecified atom stereocenters. The van der Waals surface area contributed by atoms with Crippen LogP contribution >= 0.6 is 0 Å². The van der Waals surface area contributed by atoms with Gasteiger partial charge in [0.05, 0.1) is 0 Å². The molecule has 0 bridgehead atoms. The summed E-state index contributed by atoms with van der Waals surface area (Å²) < 4.78 is 13.0. The molecule has 4 N–H and O–H groups in total. The van der Waals surface area contributed by atoms with Crippen molar-refractivity contribution >= 4 is 17.6 Å². The SMILES string of the molecule is N=Cc1cc(N)ccc1NCc1cccc(F)c1. The van der Waals surface area contributed by atoms with Gasteiger partial charge in [0, 0.05) is 29.7 Å². The van der Waals surface area contributed by atoms with Crippen LogP contribution in [0.2, 0.25) is 0 Å². The molecule has 2 aromatic carbocycles. The molecule has 92 valence electrons. The molecule has 0 atom stereocenters. The normalized spacial score (nSPS) is 10.1. The number of rotatable bonds is 4. The van der Waals surface area contributed by atoms with Gasteiger partial charge in [0.2, 0.25) is 0 Å². The van der Waals surface area contributed by atoms with E-state index in [-0.39, 0.29) is 5.82 Å². The number of hydrogen-bond acceptors (Lipinski definition) is 3. The Labute approximate surface area is 105 Å². The zero-order valence-electron chi connectivity index (χ0n) is 9.78. The molecular formula is C14H14FN3. The summed E-state index contributed by atoms with van der Waals surface area (Å²) in [4.78, 5) is 0. The van der Waals surface area contributed by atoms with Gasteiger partial charge in [0.15, 0.2) is 0 Å². The Morgan fingerprint density at radius 2 is 2.06 bits per heavy atom. The molecule has 0 saturated heterocycles. The fraction of sp³-hybridized carbons (Fsp3) is 0.0714. The van der Waals surface area contributed by atoms with E-state index in [1.54, 1.807) is 18.2 Å². The molecule has 0 aliphatic heterocycles. The predicted molar refractivity (Wildman–Crippen MR) is 72.5 cm³/mol. The van der Waals surface area contributed by atoms with Crippen LogP contribution in [0.5, 0.6) is 0 Å². The number of halogens is 1. The minimum Gasteiger partial charge on any atom is -0.399 e. The van der Waals surface area contributed by atoms with Crippen molar-refractivity contribution < 1.29 is 4.39 Å². The molecule has 0 radical (unpaired) electrons. The largest absolute Gasteiger partial charge is 0.399 e. The van der Waals surface area contributed by atoms with Crippen LogP contribution in [0.1, 0.15) is 11.1 Å². The highest BCUT2D eigenvalue weighted by Gasteiger charge is 2.01. The summed E-state index contributed by atoms with van der Waals surface area (Å²) in [6.07, 6.45) is 1.24. The number of nitrogens with two attached hydrogens (primary N) is 1. The second-order valence-corrected chi connectivity index (χ2v) is 3.97. The summed E-state index contributed by atoms with van der Waals surface area (Å²) in [7, 11) is 0. The molecule has 0 fully saturated rings. The van der Waals surface area contributed by atoms with Crippen molar-refractivity contribution in [1.82, 2.24) is 0 Å². The molecular weight excluding hydrogens is 229 g/mol. The number of nitrogen functional groups attached to an aromatic ring is 1. The van der Waals surface area contributed by atoms with E-state index >= 15 is 0 Å². The average Bonchev–Trinajstić information content (AvgIpc) is 2.37. The van der Waals surface area contributed by atoms with Gasteiger partial charge in [-0.2, -0.15) is 0 Å². The zero-order chi connectivity index (χ0) is 13.0. The predicted octanol–water partition coefficient (Wildman–Crippen LogP) is 3.02. The molecule has 4 heteroatoms. The maximum Gasteiger partial charge on any atom is 0.123 e. The number of hydrogen-bond donors (Lipinski definition) is 3. The molecule has 0 amide bonds. The average molecular weight is 243 g/mol. The van der Waals surface area contributed by atoms with Gasteiger partial charge in [0.1, 0.15) is 5.82 Å². The smallest absolute Gasteiger partial charge is 0.123 e. The Balaban J connectivity index is 2.13. The van der Waals surface area contributed by atoms with E-state index in [0.29, 0.717) is 17.8 Å². The number of nitrogens with one attached hydrogen (secondary N) is 2. The first-order chi connectivity index (χ1) is 8.69. The highest BCUT2D eigenvalue weighted by molar-refractivity contribution is 5.87. The maximum atomic E-state index is 13.0. The molecule has 0 aliphatic rings. The van der Waals surface area contributed by atoms with Crippen LogP contribution in [0, 0.1) is 11.2 Å². The third-order valence-corrected chi connectivity index (χ3v) is 2.60. The van der Waals surface area contributed by atoms with Crippen LogP contribution in [0.15, 0.2) is 42.5 Å². The van der Waals surface area contributed by atoms with E-state index < -0.39 is 0 Å². The third-order valence-electron chi connectivity index (χ3n) is 2.60. The Bertz CT molecular complexity index is 567. The molecule has 0 heterocycles. The molecule has 0 aromatic heterocycles. The molecule has 18 heavy (non-hydrogen) atoms. The molecule has 0 aliphatic carbocycles.